The normalized spacial score (nSPS) is 11.1. The van der Waals surface area contributed by atoms with Crippen LogP contribution in [0.25, 0.3) is 10.9 Å². The topological polar surface area (TPSA) is 79.9 Å². The van der Waals surface area contributed by atoms with Crippen molar-refractivity contribution in [1.29, 1.82) is 0 Å². The summed E-state index contributed by atoms with van der Waals surface area (Å²) < 4.78 is 29.6. The highest BCUT2D eigenvalue weighted by Gasteiger charge is 2.13. The molecular weight excluding hydrogens is 526 g/mol. The first-order chi connectivity index (χ1) is 15.1. The smallest absolute Gasteiger partial charge is 0.203 e. The molecule has 0 fully saturated rings. The van der Waals surface area contributed by atoms with E-state index in [4.69, 9.17) is 14.2 Å². The second-order valence-electron chi connectivity index (χ2n) is 6.91. The summed E-state index contributed by atoms with van der Waals surface area (Å²) in [5.74, 6) is 2.22. The average Bonchev–Trinajstić information content (AvgIpc) is 3.18. The molecule has 3 aromatic rings. The van der Waals surface area contributed by atoms with Gasteiger partial charge in [-0.1, -0.05) is 0 Å². The maximum absolute atomic E-state index is 13.4. The summed E-state index contributed by atoms with van der Waals surface area (Å²) >= 11 is 0. The Labute approximate surface area is 204 Å². The maximum atomic E-state index is 13.4. The molecule has 1 aromatic heterocycles. The number of benzene rings is 2. The number of hydrogen-bond acceptors (Lipinski definition) is 4. The van der Waals surface area contributed by atoms with Crippen molar-refractivity contribution in [2.24, 2.45) is 4.99 Å². The maximum Gasteiger partial charge on any atom is 0.203 e. The van der Waals surface area contributed by atoms with E-state index in [0.29, 0.717) is 36.3 Å². The zero-order chi connectivity index (χ0) is 22.2. The van der Waals surface area contributed by atoms with Crippen LogP contribution < -0.4 is 24.8 Å². The lowest BCUT2D eigenvalue weighted by molar-refractivity contribution is 0.324. The number of fused-ring (bicyclic) bond motifs is 1. The van der Waals surface area contributed by atoms with Gasteiger partial charge >= 0.3 is 0 Å². The molecule has 0 bridgehead atoms. The van der Waals surface area contributed by atoms with Gasteiger partial charge in [-0.3, -0.25) is 0 Å². The fourth-order valence-electron chi connectivity index (χ4n) is 3.42. The van der Waals surface area contributed by atoms with Crippen molar-refractivity contribution in [3.63, 3.8) is 0 Å². The lowest BCUT2D eigenvalue weighted by Gasteiger charge is -2.14. The van der Waals surface area contributed by atoms with E-state index < -0.39 is 0 Å². The number of ether oxygens (including phenoxy) is 3. The van der Waals surface area contributed by atoms with Crippen molar-refractivity contribution in [3.8, 4) is 17.2 Å². The van der Waals surface area contributed by atoms with E-state index in [2.05, 4.69) is 20.6 Å². The predicted molar refractivity (Wildman–Crippen MR) is 136 cm³/mol. The number of aromatic nitrogens is 1. The predicted octanol–water partition coefficient (Wildman–Crippen LogP) is 4.25. The van der Waals surface area contributed by atoms with E-state index >= 15 is 0 Å². The first kappa shape index (κ1) is 25.6. The molecule has 3 N–H and O–H groups in total. The Morgan fingerprint density at radius 3 is 2.38 bits per heavy atom. The second-order valence-corrected chi connectivity index (χ2v) is 6.91. The van der Waals surface area contributed by atoms with Crippen LogP contribution in [0, 0.1) is 5.82 Å². The Kier molecular flexibility index (Phi) is 9.89. The summed E-state index contributed by atoms with van der Waals surface area (Å²) in [6.45, 7) is 3.89. The highest BCUT2D eigenvalue weighted by molar-refractivity contribution is 14.0. The molecule has 0 saturated heterocycles. The highest BCUT2D eigenvalue weighted by Crippen LogP contribution is 2.38. The van der Waals surface area contributed by atoms with Crippen LogP contribution in [-0.4, -0.2) is 45.4 Å². The number of rotatable bonds is 9. The molecular formula is C23H30FIN4O3. The van der Waals surface area contributed by atoms with Crippen LogP contribution in [-0.2, 0) is 13.0 Å². The molecule has 174 valence electrons. The Bertz CT molecular complexity index is 1030. The van der Waals surface area contributed by atoms with Crippen molar-refractivity contribution in [2.75, 3.05) is 34.4 Å². The van der Waals surface area contributed by atoms with Gasteiger partial charge in [0.05, 0.1) is 27.9 Å². The number of guanidine groups is 1. The molecule has 0 saturated carbocycles. The SMILES string of the molecule is CCNC(=NCc1cc(OC)c(OC)c(OC)c1)NCCc1c[nH]c2cc(F)ccc12.I. The molecule has 0 spiro atoms. The van der Waals surface area contributed by atoms with E-state index in [1.165, 1.54) is 12.1 Å². The van der Waals surface area contributed by atoms with E-state index in [-0.39, 0.29) is 29.8 Å². The van der Waals surface area contributed by atoms with Crippen LogP contribution in [0.5, 0.6) is 17.2 Å². The fraction of sp³-hybridized carbons (Fsp3) is 0.348. The van der Waals surface area contributed by atoms with Gasteiger partial charge < -0.3 is 29.8 Å². The number of nitrogens with zero attached hydrogens (tertiary/aromatic N) is 1. The van der Waals surface area contributed by atoms with E-state index in [9.17, 15) is 4.39 Å². The quantitative estimate of drug-likeness (QED) is 0.209. The molecule has 9 heteroatoms. The Hall–Kier alpha value is -2.69. The van der Waals surface area contributed by atoms with E-state index in [1.54, 1.807) is 27.4 Å². The van der Waals surface area contributed by atoms with Gasteiger partial charge in [0.15, 0.2) is 17.5 Å². The molecule has 0 radical (unpaired) electrons. The summed E-state index contributed by atoms with van der Waals surface area (Å²) in [7, 11) is 4.76. The molecule has 3 rings (SSSR count). The van der Waals surface area contributed by atoms with Crippen molar-refractivity contribution in [1.82, 2.24) is 15.6 Å². The zero-order valence-electron chi connectivity index (χ0n) is 18.8. The van der Waals surface area contributed by atoms with Crippen LogP contribution in [0.3, 0.4) is 0 Å². The van der Waals surface area contributed by atoms with Crippen LogP contribution in [0.15, 0.2) is 41.5 Å². The number of aliphatic imine (C=N–C) groups is 1. The largest absolute Gasteiger partial charge is 0.493 e. The van der Waals surface area contributed by atoms with Crippen LogP contribution in [0.4, 0.5) is 4.39 Å². The number of hydrogen-bond donors (Lipinski definition) is 3. The van der Waals surface area contributed by atoms with Gasteiger partial charge in [-0.15, -0.1) is 24.0 Å². The number of methoxy groups -OCH3 is 3. The molecule has 0 atom stereocenters. The van der Waals surface area contributed by atoms with Crippen LogP contribution in [0.2, 0.25) is 0 Å². The number of halogens is 2. The number of H-pyrrole nitrogens is 1. The Morgan fingerprint density at radius 2 is 1.75 bits per heavy atom. The standard InChI is InChI=1S/C23H29FN4O3.HI/c1-5-25-23(26-9-8-16-14-27-19-12-17(24)6-7-18(16)19)28-13-15-10-20(29-2)22(31-4)21(11-15)30-3;/h6-7,10-12,14,27H,5,8-9,13H2,1-4H3,(H2,25,26,28);1H. The summed E-state index contributed by atoms with van der Waals surface area (Å²) in [4.78, 5) is 7.79. The lowest BCUT2D eigenvalue weighted by Crippen LogP contribution is -2.38. The molecule has 2 aromatic carbocycles. The summed E-state index contributed by atoms with van der Waals surface area (Å²) in [6.07, 6.45) is 2.70. The average molecular weight is 556 g/mol. The van der Waals surface area contributed by atoms with Crippen molar-refractivity contribution in [2.45, 2.75) is 19.9 Å². The fourth-order valence-corrected chi connectivity index (χ4v) is 3.42. The minimum absolute atomic E-state index is 0. The van der Waals surface area contributed by atoms with Gasteiger partial charge in [-0.2, -0.15) is 0 Å². The van der Waals surface area contributed by atoms with Crippen molar-refractivity contribution >= 4 is 40.8 Å². The third kappa shape index (κ3) is 6.18. The van der Waals surface area contributed by atoms with Gasteiger partial charge in [0.2, 0.25) is 5.75 Å². The van der Waals surface area contributed by atoms with Gasteiger partial charge in [0.25, 0.3) is 0 Å². The molecule has 0 aliphatic heterocycles. The monoisotopic (exact) mass is 556 g/mol. The molecule has 7 nitrogen and oxygen atoms in total. The molecule has 0 aliphatic rings. The second kappa shape index (κ2) is 12.4. The first-order valence-electron chi connectivity index (χ1n) is 10.2. The summed E-state index contributed by atoms with van der Waals surface area (Å²) in [5, 5.41) is 7.63. The minimum atomic E-state index is -0.243. The lowest BCUT2D eigenvalue weighted by atomic mass is 10.1. The van der Waals surface area contributed by atoms with Crippen LogP contribution in [0.1, 0.15) is 18.1 Å². The molecule has 32 heavy (non-hydrogen) atoms. The van der Waals surface area contributed by atoms with Gasteiger partial charge in [-0.05, 0) is 54.8 Å². The van der Waals surface area contributed by atoms with Crippen LogP contribution >= 0.6 is 24.0 Å². The molecule has 0 unspecified atom stereocenters. The summed E-state index contributed by atoms with van der Waals surface area (Å²) in [6, 6.07) is 8.57. The van der Waals surface area contributed by atoms with E-state index in [1.807, 2.05) is 25.3 Å². The minimum Gasteiger partial charge on any atom is -0.493 e. The number of nitrogens with one attached hydrogen (secondary N) is 3. The first-order valence-corrected chi connectivity index (χ1v) is 10.2. The summed E-state index contributed by atoms with van der Waals surface area (Å²) in [5.41, 5.74) is 2.87. The third-order valence-electron chi connectivity index (χ3n) is 4.90. The highest BCUT2D eigenvalue weighted by atomic mass is 127. The van der Waals surface area contributed by atoms with Gasteiger partial charge in [0, 0.05) is 30.2 Å². The molecule has 0 amide bonds. The molecule has 0 aliphatic carbocycles. The van der Waals surface area contributed by atoms with Gasteiger partial charge in [0.1, 0.15) is 5.82 Å². The third-order valence-corrected chi connectivity index (χ3v) is 4.90. The van der Waals surface area contributed by atoms with Gasteiger partial charge in [-0.25, -0.2) is 9.38 Å². The Morgan fingerprint density at radius 1 is 1.03 bits per heavy atom. The van der Waals surface area contributed by atoms with E-state index in [0.717, 1.165) is 35.0 Å². The number of aromatic amines is 1. The Balaban J connectivity index is 0.00000363. The zero-order valence-corrected chi connectivity index (χ0v) is 21.1. The van der Waals surface area contributed by atoms with Crippen molar-refractivity contribution < 1.29 is 18.6 Å². The molecule has 1 heterocycles. The van der Waals surface area contributed by atoms with Crippen molar-refractivity contribution in [3.05, 3.63) is 53.5 Å².